The molecule has 2 atom stereocenters. The largest absolute Gasteiger partial charge is 0.393 e. The van der Waals surface area contributed by atoms with E-state index in [1.54, 1.807) is 0 Å². The first-order chi connectivity index (χ1) is 25.1. The van der Waals surface area contributed by atoms with Crippen LogP contribution in [-0.2, 0) is 13.6 Å². The van der Waals surface area contributed by atoms with Crippen LogP contribution in [0.3, 0.4) is 0 Å². The van der Waals surface area contributed by atoms with Gasteiger partial charge in [0, 0.05) is 13.2 Å². The van der Waals surface area contributed by atoms with Crippen LogP contribution in [-0.4, -0.2) is 34.0 Å². The van der Waals surface area contributed by atoms with Gasteiger partial charge in [-0.25, -0.2) is 0 Å². The monoisotopic (exact) mass is 756 g/mol. The van der Waals surface area contributed by atoms with Gasteiger partial charge in [-0.2, -0.15) is 12.6 Å². The topological polar surface area (TPSA) is 27.7 Å². The highest BCUT2D eigenvalue weighted by Gasteiger charge is 2.22. The van der Waals surface area contributed by atoms with E-state index in [9.17, 15) is 0 Å². The number of rotatable bonds is 45. The van der Waals surface area contributed by atoms with Gasteiger partial charge in [0.05, 0.1) is 0 Å². The van der Waals surface area contributed by atoms with Gasteiger partial charge in [-0.3, -0.25) is 0 Å². The van der Waals surface area contributed by atoms with Crippen LogP contribution in [0.15, 0.2) is 0 Å². The third kappa shape index (κ3) is 43.0. The third-order valence-electron chi connectivity index (χ3n) is 10.6. The predicted octanol–water partition coefficient (Wildman–Crippen LogP) is 16.7. The number of hydrogen-bond acceptors (Lipinski definition) is 4. The molecule has 0 saturated heterocycles. The van der Waals surface area contributed by atoms with Gasteiger partial charge in [0.25, 0.3) is 0 Å². The van der Waals surface area contributed by atoms with E-state index in [4.69, 9.17) is 13.6 Å². The Morgan fingerprint density at radius 2 is 0.706 bits per heavy atom. The van der Waals surface area contributed by atoms with Crippen molar-refractivity contribution in [1.82, 2.24) is 0 Å². The van der Waals surface area contributed by atoms with E-state index in [2.05, 4.69) is 40.3 Å². The van der Waals surface area contributed by atoms with Gasteiger partial charge < -0.3 is 13.6 Å². The first-order valence-electron chi connectivity index (χ1n) is 23.6. The van der Waals surface area contributed by atoms with Crippen LogP contribution >= 0.6 is 12.6 Å². The molecule has 0 amide bonds. The molecular formula is C46H95O3SSi. The SMILES string of the molecule is CCCCCCCCCCCCCCCCO[Si](CCC(C)S)OC(CCCCCCCCCCCCC)OCCCCCCCCCCCC. The molecule has 51 heavy (non-hydrogen) atoms. The van der Waals surface area contributed by atoms with Gasteiger partial charge in [0.15, 0.2) is 0 Å². The molecule has 0 rings (SSSR count). The lowest BCUT2D eigenvalue weighted by molar-refractivity contribution is -0.0998. The van der Waals surface area contributed by atoms with Crippen molar-refractivity contribution in [2.45, 2.75) is 283 Å². The van der Waals surface area contributed by atoms with Gasteiger partial charge in [0.2, 0.25) is 0 Å². The Morgan fingerprint density at radius 1 is 0.392 bits per heavy atom. The number of ether oxygens (including phenoxy) is 1. The van der Waals surface area contributed by atoms with Gasteiger partial charge in [-0.1, -0.05) is 233 Å². The summed E-state index contributed by atoms with van der Waals surface area (Å²) in [6, 6.07) is 1.00. The summed E-state index contributed by atoms with van der Waals surface area (Å²) in [5, 5.41) is 0.385. The van der Waals surface area contributed by atoms with Crippen molar-refractivity contribution in [2.75, 3.05) is 13.2 Å². The van der Waals surface area contributed by atoms with Gasteiger partial charge >= 0.3 is 9.28 Å². The van der Waals surface area contributed by atoms with E-state index in [1.165, 1.54) is 212 Å². The molecule has 3 nitrogen and oxygen atoms in total. The Kier molecular flexibility index (Phi) is 45.2. The standard InChI is InChI=1S/C46H95O3SSi/c1-5-8-11-14-17-20-23-24-25-27-30-33-36-39-43-48-51(44-41-45(4)50)49-46(40-37-34-31-28-26-21-18-15-12-9-6-2)47-42-38-35-32-29-22-19-16-13-10-7-3/h45-46,50H,5-44H2,1-4H3. The molecule has 0 aromatic carbocycles. The molecule has 0 aromatic heterocycles. The van der Waals surface area contributed by atoms with E-state index >= 15 is 0 Å². The number of hydrogen-bond donors (Lipinski definition) is 1. The lowest BCUT2D eigenvalue weighted by Crippen LogP contribution is -2.32. The summed E-state index contributed by atoms with van der Waals surface area (Å²) >= 11 is 4.69. The second-order valence-corrected chi connectivity index (χ2v) is 18.8. The Morgan fingerprint density at radius 3 is 1.06 bits per heavy atom. The quantitative estimate of drug-likeness (QED) is 0.0290. The van der Waals surface area contributed by atoms with Crippen LogP contribution in [0.5, 0.6) is 0 Å². The summed E-state index contributed by atoms with van der Waals surface area (Å²) in [5.41, 5.74) is 0. The fraction of sp³-hybridized carbons (Fsp3) is 1.00. The summed E-state index contributed by atoms with van der Waals surface area (Å²) < 4.78 is 19.7. The molecule has 0 saturated carbocycles. The predicted molar refractivity (Wildman–Crippen MR) is 234 cm³/mol. The molecule has 0 aromatic rings. The maximum absolute atomic E-state index is 6.73. The number of unbranched alkanes of at least 4 members (excludes halogenated alkanes) is 32. The zero-order valence-corrected chi connectivity index (χ0v) is 37.5. The highest BCUT2D eigenvalue weighted by atomic mass is 32.1. The summed E-state index contributed by atoms with van der Waals surface area (Å²) in [7, 11) is -1.36. The molecule has 0 aliphatic carbocycles. The molecule has 307 valence electrons. The van der Waals surface area contributed by atoms with Crippen molar-refractivity contribution < 1.29 is 13.6 Å². The van der Waals surface area contributed by atoms with Crippen molar-refractivity contribution in [2.24, 2.45) is 0 Å². The third-order valence-corrected chi connectivity index (χ3v) is 12.6. The van der Waals surface area contributed by atoms with E-state index in [-0.39, 0.29) is 6.29 Å². The highest BCUT2D eigenvalue weighted by Crippen LogP contribution is 2.19. The lowest BCUT2D eigenvalue weighted by Gasteiger charge is -2.24. The summed E-state index contributed by atoms with van der Waals surface area (Å²) in [5.74, 6) is 0. The van der Waals surface area contributed by atoms with E-state index in [0.29, 0.717) is 5.25 Å². The Balaban J connectivity index is 4.43. The fourth-order valence-electron chi connectivity index (χ4n) is 7.08. The molecule has 0 N–H and O–H groups in total. The van der Waals surface area contributed by atoms with Gasteiger partial charge in [-0.05, 0) is 43.4 Å². The first-order valence-corrected chi connectivity index (χ1v) is 25.6. The van der Waals surface area contributed by atoms with Crippen molar-refractivity contribution in [3.8, 4) is 0 Å². The van der Waals surface area contributed by atoms with Gasteiger partial charge in [0.1, 0.15) is 6.29 Å². The molecule has 2 unspecified atom stereocenters. The van der Waals surface area contributed by atoms with Crippen molar-refractivity contribution in [3.05, 3.63) is 0 Å². The molecule has 0 bridgehead atoms. The smallest absolute Gasteiger partial charge is 0.386 e. The first kappa shape index (κ1) is 51.4. The van der Waals surface area contributed by atoms with Crippen LogP contribution in [0, 0.1) is 0 Å². The zero-order valence-electron chi connectivity index (χ0n) is 35.6. The average molecular weight is 756 g/mol. The Hall–Kier alpha value is 0.447. The summed E-state index contributed by atoms with van der Waals surface area (Å²) in [6.45, 7) is 10.8. The summed E-state index contributed by atoms with van der Waals surface area (Å²) in [4.78, 5) is 0. The van der Waals surface area contributed by atoms with E-state index < -0.39 is 9.28 Å². The minimum absolute atomic E-state index is 0.0948. The zero-order chi connectivity index (χ0) is 37.1. The number of thiol groups is 1. The van der Waals surface area contributed by atoms with Crippen LogP contribution in [0.25, 0.3) is 0 Å². The molecule has 0 heterocycles. The second-order valence-electron chi connectivity index (χ2n) is 16.1. The Labute approximate surface area is 330 Å². The molecule has 1 radical (unpaired) electrons. The lowest BCUT2D eigenvalue weighted by atomic mass is 10.0. The highest BCUT2D eigenvalue weighted by molar-refractivity contribution is 7.80. The van der Waals surface area contributed by atoms with Crippen LogP contribution in [0.2, 0.25) is 6.04 Å². The van der Waals surface area contributed by atoms with E-state index in [1.807, 2.05) is 0 Å². The molecule has 0 spiro atoms. The maximum atomic E-state index is 6.73. The average Bonchev–Trinajstić information content (AvgIpc) is 3.12. The van der Waals surface area contributed by atoms with Crippen LogP contribution < -0.4 is 0 Å². The Bertz CT molecular complexity index is 595. The summed E-state index contributed by atoms with van der Waals surface area (Å²) in [6.07, 6.45) is 50.1. The molecule has 5 heteroatoms. The molecule has 0 fully saturated rings. The van der Waals surface area contributed by atoms with Crippen LogP contribution in [0.4, 0.5) is 0 Å². The van der Waals surface area contributed by atoms with Crippen molar-refractivity contribution in [3.63, 3.8) is 0 Å². The second kappa shape index (κ2) is 44.8. The minimum atomic E-state index is -1.36. The maximum Gasteiger partial charge on any atom is 0.386 e. The molecular weight excluding hydrogens is 661 g/mol. The van der Waals surface area contributed by atoms with Gasteiger partial charge in [-0.15, -0.1) is 0 Å². The fourth-order valence-corrected chi connectivity index (χ4v) is 9.30. The molecule has 0 aliphatic heterocycles. The van der Waals surface area contributed by atoms with E-state index in [0.717, 1.165) is 44.9 Å². The van der Waals surface area contributed by atoms with Crippen molar-refractivity contribution >= 4 is 21.9 Å². The normalized spacial score (nSPS) is 13.1. The minimum Gasteiger partial charge on any atom is -0.393 e. The van der Waals surface area contributed by atoms with Crippen LogP contribution in [0.1, 0.15) is 265 Å². The molecule has 0 aliphatic rings. The van der Waals surface area contributed by atoms with Crippen molar-refractivity contribution in [1.29, 1.82) is 0 Å².